The second kappa shape index (κ2) is 9.88. The Morgan fingerprint density at radius 3 is 1.71 bits per heavy atom. The lowest BCUT2D eigenvalue weighted by molar-refractivity contribution is -0.135. The van der Waals surface area contributed by atoms with Crippen LogP contribution in [0.25, 0.3) is 0 Å². The van der Waals surface area contributed by atoms with Gasteiger partial charge in [0, 0.05) is 15.4 Å². The molecule has 0 amide bonds. The summed E-state index contributed by atoms with van der Waals surface area (Å²) in [6.07, 6.45) is 2.73. The molecule has 120 valence electrons. The molecular weight excluding hydrogens is 409 g/mol. The average Bonchev–Trinajstić information content (AvgIpc) is 2.34. The summed E-state index contributed by atoms with van der Waals surface area (Å²) < 4.78 is 38.0. The third-order valence-electron chi connectivity index (χ3n) is 3.35. The molecule has 0 atom stereocenters. The van der Waals surface area contributed by atoms with Gasteiger partial charge < -0.3 is 0 Å². The van der Waals surface area contributed by atoms with Gasteiger partial charge in [0.1, 0.15) is 0 Å². The van der Waals surface area contributed by atoms with Crippen LogP contribution in [-0.2, 0) is 6.42 Å². The number of hydrogen-bond acceptors (Lipinski definition) is 0. The summed E-state index contributed by atoms with van der Waals surface area (Å²) in [5.74, 6) is 0. The van der Waals surface area contributed by atoms with Gasteiger partial charge >= 0.3 is 6.18 Å². The minimum Gasteiger partial charge on any atom is -0.171 e. The monoisotopic (exact) mass is 428 g/mol. The minimum absolute atomic E-state index is 0.273. The Kier molecular flexibility index (Phi) is 8.95. The maximum Gasteiger partial charge on any atom is 0.389 e. The van der Waals surface area contributed by atoms with Crippen LogP contribution in [0.15, 0.2) is 27.1 Å². The van der Waals surface area contributed by atoms with Gasteiger partial charge in [-0.3, -0.25) is 0 Å². The van der Waals surface area contributed by atoms with E-state index in [9.17, 15) is 13.2 Å². The molecule has 0 bridgehead atoms. The first-order valence-electron chi connectivity index (χ1n) is 7.38. The summed E-state index contributed by atoms with van der Waals surface area (Å²) in [5, 5.41) is 0. The van der Waals surface area contributed by atoms with E-state index in [1.54, 1.807) is 0 Å². The number of halogens is 5. The van der Waals surface area contributed by atoms with Gasteiger partial charge in [-0.2, -0.15) is 13.2 Å². The Bertz CT molecular complexity index is 396. The summed E-state index contributed by atoms with van der Waals surface area (Å²) in [5.41, 5.74) is 1.31. The van der Waals surface area contributed by atoms with Crippen molar-refractivity contribution in [3.05, 3.63) is 32.7 Å². The summed E-state index contributed by atoms with van der Waals surface area (Å²) in [6.45, 7) is 0. The highest BCUT2D eigenvalue weighted by atomic mass is 79.9. The molecule has 0 heterocycles. The summed E-state index contributed by atoms with van der Waals surface area (Å²) in [7, 11) is 0. The van der Waals surface area contributed by atoms with Crippen molar-refractivity contribution in [2.45, 2.75) is 64.0 Å². The maximum atomic E-state index is 11.9. The summed E-state index contributed by atoms with van der Waals surface area (Å²) >= 11 is 6.95. The number of rotatable bonds is 9. The molecule has 0 aliphatic carbocycles. The van der Waals surface area contributed by atoms with E-state index in [2.05, 4.69) is 44.0 Å². The van der Waals surface area contributed by atoms with Crippen LogP contribution in [0.1, 0.15) is 56.9 Å². The van der Waals surface area contributed by atoms with Crippen molar-refractivity contribution >= 4 is 31.9 Å². The van der Waals surface area contributed by atoms with Crippen molar-refractivity contribution in [1.82, 2.24) is 0 Å². The molecule has 0 aliphatic rings. The molecule has 0 spiro atoms. The molecule has 21 heavy (non-hydrogen) atoms. The molecule has 1 aromatic rings. The number of aryl methyl sites for hydroxylation is 1. The van der Waals surface area contributed by atoms with Crippen molar-refractivity contribution < 1.29 is 13.2 Å². The number of hydrogen-bond donors (Lipinski definition) is 0. The Labute approximate surface area is 141 Å². The van der Waals surface area contributed by atoms with Crippen LogP contribution >= 0.6 is 31.9 Å². The molecular formula is C16H21Br2F3. The zero-order chi connectivity index (χ0) is 15.7. The molecule has 0 saturated carbocycles. The lowest BCUT2D eigenvalue weighted by atomic mass is 10.0. The molecule has 5 heteroatoms. The van der Waals surface area contributed by atoms with E-state index in [1.807, 2.05) is 6.07 Å². The highest BCUT2D eigenvalue weighted by molar-refractivity contribution is 9.11. The fourth-order valence-electron chi connectivity index (χ4n) is 2.29. The number of benzene rings is 1. The van der Waals surface area contributed by atoms with Gasteiger partial charge in [0.15, 0.2) is 0 Å². The smallest absolute Gasteiger partial charge is 0.171 e. The van der Waals surface area contributed by atoms with Crippen molar-refractivity contribution in [3.63, 3.8) is 0 Å². The highest BCUT2D eigenvalue weighted by Crippen LogP contribution is 2.24. The second-order valence-electron chi connectivity index (χ2n) is 5.37. The quantitative estimate of drug-likeness (QED) is 0.358. The van der Waals surface area contributed by atoms with Crippen LogP contribution in [0, 0.1) is 0 Å². The van der Waals surface area contributed by atoms with E-state index in [4.69, 9.17) is 0 Å². The fraction of sp³-hybridized carbons (Fsp3) is 0.625. The molecule has 1 aromatic carbocycles. The molecule has 0 N–H and O–H groups in total. The van der Waals surface area contributed by atoms with Crippen LogP contribution < -0.4 is 0 Å². The molecule has 0 fully saturated rings. The molecule has 0 aliphatic heterocycles. The first-order chi connectivity index (χ1) is 9.87. The van der Waals surface area contributed by atoms with Gasteiger partial charge in [0.25, 0.3) is 0 Å². The van der Waals surface area contributed by atoms with E-state index in [0.29, 0.717) is 6.42 Å². The predicted molar refractivity (Wildman–Crippen MR) is 88.5 cm³/mol. The number of alkyl halides is 3. The van der Waals surface area contributed by atoms with E-state index in [-0.39, 0.29) is 6.42 Å². The maximum absolute atomic E-state index is 11.9. The zero-order valence-corrected chi connectivity index (χ0v) is 15.2. The van der Waals surface area contributed by atoms with Gasteiger partial charge in [-0.25, -0.2) is 0 Å². The molecule has 1 rings (SSSR count). The van der Waals surface area contributed by atoms with Crippen molar-refractivity contribution in [2.75, 3.05) is 0 Å². The van der Waals surface area contributed by atoms with Gasteiger partial charge in [0.2, 0.25) is 0 Å². The van der Waals surface area contributed by atoms with E-state index >= 15 is 0 Å². The van der Waals surface area contributed by atoms with Gasteiger partial charge in [-0.05, 0) is 43.0 Å². The van der Waals surface area contributed by atoms with Crippen molar-refractivity contribution in [2.24, 2.45) is 0 Å². The Balaban J connectivity index is 2.00. The topological polar surface area (TPSA) is 0 Å². The zero-order valence-electron chi connectivity index (χ0n) is 12.0. The SMILES string of the molecule is FC(F)(F)CCCCCCCCCc1cc(Br)cc(Br)c1. The van der Waals surface area contributed by atoms with Crippen LogP contribution in [0.4, 0.5) is 13.2 Å². The Hall–Kier alpha value is -0.0300. The standard InChI is InChI=1S/C16H21Br2F3/c17-14-10-13(11-15(18)12-14)8-6-4-2-1-3-5-7-9-16(19,20)21/h10-12H,1-9H2. The normalized spacial score (nSPS) is 11.9. The lowest BCUT2D eigenvalue weighted by Gasteiger charge is -2.06. The minimum atomic E-state index is -3.99. The van der Waals surface area contributed by atoms with Crippen LogP contribution in [-0.4, -0.2) is 6.18 Å². The summed E-state index contributed by atoms with van der Waals surface area (Å²) in [6, 6.07) is 6.27. The fourth-order valence-corrected chi connectivity index (χ4v) is 3.68. The lowest BCUT2D eigenvalue weighted by Crippen LogP contribution is -2.06. The Morgan fingerprint density at radius 1 is 0.714 bits per heavy atom. The van der Waals surface area contributed by atoms with E-state index in [0.717, 1.165) is 47.5 Å². The molecule has 0 saturated heterocycles. The van der Waals surface area contributed by atoms with Crippen LogP contribution in [0.5, 0.6) is 0 Å². The average molecular weight is 430 g/mol. The van der Waals surface area contributed by atoms with Crippen molar-refractivity contribution in [1.29, 1.82) is 0 Å². The van der Waals surface area contributed by atoms with Crippen LogP contribution in [0.2, 0.25) is 0 Å². The van der Waals surface area contributed by atoms with Gasteiger partial charge in [-0.1, -0.05) is 64.0 Å². The van der Waals surface area contributed by atoms with E-state index in [1.165, 1.54) is 5.56 Å². The third-order valence-corrected chi connectivity index (χ3v) is 4.26. The van der Waals surface area contributed by atoms with Crippen molar-refractivity contribution in [3.8, 4) is 0 Å². The molecule has 0 unspecified atom stereocenters. The highest BCUT2D eigenvalue weighted by Gasteiger charge is 2.25. The second-order valence-corrected chi connectivity index (χ2v) is 7.20. The molecule has 0 aromatic heterocycles. The van der Waals surface area contributed by atoms with Crippen LogP contribution in [0.3, 0.4) is 0 Å². The summed E-state index contributed by atoms with van der Waals surface area (Å²) in [4.78, 5) is 0. The van der Waals surface area contributed by atoms with E-state index < -0.39 is 12.6 Å². The van der Waals surface area contributed by atoms with Gasteiger partial charge in [-0.15, -0.1) is 0 Å². The Morgan fingerprint density at radius 2 is 1.19 bits per heavy atom. The predicted octanol–water partition coefficient (Wildman–Crippen LogP) is 7.44. The molecule has 0 nitrogen and oxygen atoms in total. The first kappa shape index (κ1) is 19.0. The third kappa shape index (κ3) is 10.3. The molecule has 0 radical (unpaired) electrons. The van der Waals surface area contributed by atoms with Gasteiger partial charge in [0.05, 0.1) is 0 Å². The first-order valence-corrected chi connectivity index (χ1v) is 8.97. The largest absolute Gasteiger partial charge is 0.389 e. The number of unbranched alkanes of at least 4 members (excludes halogenated alkanes) is 6.